The van der Waals surface area contributed by atoms with Gasteiger partial charge in [-0.05, 0) is 61.5 Å². The standard InChI is InChI=1S/C20H22ClN5OS/c21-16-8-10-17(11-9-16)22-18(27)14-25-20(28)26(24-12-4-5-13-24)19(23-25)15-6-2-1-3-7-15/h4-5,8-13,15H,1-3,6-7,14H2,(H,22,27). The summed E-state index contributed by atoms with van der Waals surface area (Å²) < 4.78 is 6.01. The number of nitrogens with one attached hydrogen (secondary N) is 1. The first-order valence-electron chi connectivity index (χ1n) is 9.50. The number of hydrogen-bond donors (Lipinski definition) is 1. The van der Waals surface area contributed by atoms with Gasteiger partial charge >= 0.3 is 0 Å². The van der Waals surface area contributed by atoms with Crippen LogP contribution in [-0.4, -0.2) is 25.0 Å². The average Bonchev–Trinajstić information content (AvgIpc) is 3.33. The monoisotopic (exact) mass is 415 g/mol. The number of amides is 1. The summed E-state index contributed by atoms with van der Waals surface area (Å²) >= 11 is 11.6. The van der Waals surface area contributed by atoms with Gasteiger partial charge in [-0.2, -0.15) is 5.10 Å². The fourth-order valence-corrected chi connectivity index (χ4v) is 4.10. The van der Waals surface area contributed by atoms with Crippen LogP contribution in [0.1, 0.15) is 43.8 Å². The summed E-state index contributed by atoms with van der Waals surface area (Å²) in [6.07, 6.45) is 9.77. The van der Waals surface area contributed by atoms with Crippen LogP contribution in [0.2, 0.25) is 5.02 Å². The molecule has 6 nitrogen and oxygen atoms in total. The predicted molar refractivity (Wildman–Crippen MR) is 112 cm³/mol. The molecule has 0 bridgehead atoms. The highest BCUT2D eigenvalue weighted by atomic mass is 35.5. The van der Waals surface area contributed by atoms with E-state index in [1.165, 1.54) is 19.3 Å². The third-order valence-corrected chi connectivity index (χ3v) is 5.69. The number of rotatable bonds is 5. The molecule has 1 saturated carbocycles. The van der Waals surface area contributed by atoms with Crippen LogP contribution in [0.5, 0.6) is 0 Å². The first kappa shape index (κ1) is 19.0. The highest BCUT2D eigenvalue weighted by Crippen LogP contribution is 2.32. The number of carbonyl (C=O) groups is 1. The van der Waals surface area contributed by atoms with E-state index in [1.807, 2.05) is 33.9 Å². The molecular formula is C20H22ClN5OS. The number of aromatic nitrogens is 4. The summed E-state index contributed by atoms with van der Waals surface area (Å²) in [5, 5.41) is 8.25. The van der Waals surface area contributed by atoms with Gasteiger partial charge in [0.05, 0.1) is 0 Å². The Labute approximate surface area is 173 Å². The minimum atomic E-state index is -0.175. The fraction of sp³-hybridized carbons (Fsp3) is 0.350. The Kier molecular flexibility index (Phi) is 5.64. The van der Waals surface area contributed by atoms with Crippen LogP contribution in [0, 0.1) is 4.77 Å². The van der Waals surface area contributed by atoms with Crippen molar-refractivity contribution in [3.8, 4) is 0 Å². The van der Waals surface area contributed by atoms with Gasteiger partial charge in [-0.1, -0.05) is 30.9 Å². The molecular weight excluding hydrogens is 394 g/mol. The number of halogens is 1. The van der Waals surface area contributed by atoms with Crippen molar-refractivity contribution in [2.45, 2.75) is 44.6 Å². The molecule has 0 radical (unpaired) electrons. The van der Waals surface area contributed by atoms with Crippen LogP contribution in [0.3, 0.4) is 0 Å². The normalized spacial score (nSPS) is 14.9. The molecule has 0 unspecified atom stereocenters. The first-order chi connectivity index (χ1) is 13.6. The molecule has 0 atom stereocenters. The molecule has 4 rings (SSSR count). The summed E-state index contributed by atoms with van der Waals surface area (Å²) in [5.74, 6) is 1.12. The van der Waals surface area contributed by atoms with Gasteiger partial charge < -0.3 is 5.32 Å². The van der Waals surface area contributed by atoms with E-state index in [0.717, 1.165) is 18.7 Å². The minimum absolute atomic E-state index is 0.0649. The Morgan fingerprint density at radius 1 is 1.14 bits per heavy atom. The number of benzene rings is 1. The van der Waals surface area contributed by atoms with Gasteiger partial charge in [0.25, 0.3) is 0 Å². The zero-order valence-corrected chi connectivity index (χ0v) is 17.0. The quantitative estimate of drug-likeness (QED) is 0.605. The molecule has 1 aromatic carbocycles. The molecule has 0 spiro atoms. The fourth-order valence-electron chi connectivity index (χ4n) is 3.68. The van der Waals surface area contributed by atoms with Gasteiger partial charge in [0.2, 0.25) is 10.7 Å². The highest BCUT2D eigenvalue weighted by Gasteiger charge is 2.24. The Hall–Kier alpha value is -2.38. The van der Waals surface area contributed by atoms with E-state index in [2.05, 4.69) is 5.32 Å². The molecule has 1 aliphatic carbocycles. The molecule has 0 saturated heterocycles. The van der Waals surface area contributed by atoms with Crippen molar-refractivity contribution in [3.63, 3.8) is 0 Å². The third-order valence-electron chi connectivity index (χ3n) is 5.05. The van der Waals surface area contributed by atoms with Crippen LogP contribution in [0.4, 0.5) is 5.69 Å². The number of hydrogen-bond acceptors (Lipinski definition) is 3. The van der Waals surface area contributed by atoms with E-state index in [0.29, 0.717) is 21.4 Å². The lowest BCUT2D eigenvalue weighted by atomic mass is 9.89. The van der Waals surface area contributed by atoms with Crippen molar-refractivity contribution in [1.29, 1.82) is 0 Å². The average molecular weight is 416 g/mol. The van der Waals surface area contributed by atoms with Crippen LogP contribution in [-0.2, 0) is 11.3 Å². The first-order valence-corrected chi connectivity index (χ1v) is 10.3. The van der Waals surface area contributed by atoms with E-state index in [1.54, 1.807) is 28.9 Å². The van der Waals surface area contributed by atoms with Crippen LogP contribution in [0.25, 0.3) is 0 Å². The van der Waals surface area contributed by atoms with E-state index in [-0.39, 0.29) is 12.5 Å². The topological polar surface area (TPSA) is 56.8 Å². The van der Waals surface area contributed by atoms with E-state index in [4.69, 9.17) is 28.9 Å². The Morgan fingerprint density at radius 2 is 1.82 bits per heavy atom. The third kappa shape index (κ3) is 4.05. The molecule has 2 heterocycles. The van der Waals surface area contributed by atoms with E-state index >= 15 is 0 Å². The molecule has 8 heteroatoms. The van der Waals surface area contributed by atoms with Crippen molar-refractivity contribution in [1.82, 2.24) is 19.1 Å². The lowest BCUT2D eigenvalue weighted by Gasteiger charge is -2.21. The number of nitrogens with zero attached hydrogens (tertiary/aromatic N) is 4. The van der Waals surface area contributed by atoms with E-state index < -0.39 is 0 Å². The summed E-state index contributed by atoms with van der Waals surface area (Å²) in [6, 6.07) is 10.9. The smallest absolute Gasteiger partial charge is 0.246 e. The highest BCUT2D eigenvalue weighted by molar-refractivity contribution is 7.71. The lowest BCUT2D eigenvalue weighted by molar-refractivity contribution is -0.116. The van der Waals surface area contributed by atoms with Crippen molar-refractivity contribution in [2.75, 3.05) is 5.32 Å². The molecule has 1 aliphatic rings. The molecule has 0 aliphatic heterocycles. The maximum atomic E-state index is 12.5. The zero-order chi connectivity index (χ0) is 19.5. The Balaban J connectivity index is 1.61. The second kappa shape index (κ2) is 8.32. The Bertz CT molecular complexity index is 1000. The van der Waals surface area contributed by atoms with Gasteiger partial charge in [-0.15, -0.1) is 0 Å². The number of anilines is 1. The second-order valence-corrected chi connectivity index (χ2v) is 7.86. The summed E-state index contributed by atoms with van der Waals surface area (Å²) in [4.78, 5) is 12.5. The van der Waals surface area contributed by atoms with Gasteiger partial charge in [0.15, 0.2) is 5.82 Å². The molecule has 1 N–H and O–H groups in total. The minimum Gasteiger partial charge on any atom is -0.324 e. The van der Waals surface area contributed by atoms with Gasteiger partial charge in [-0.25, -0.2) is 9.36 Å². The van der Waals surface area contributed by atoms with Gasteiger partial charge in [0, 0.05) is 29.0 Å². The molecule has 3 aromatic rings. The van der Waals surface area contributed by atoms with Crippen molar-refractivity contribution >= 4 is 35.4 Å². The molecule has 146 valence electrons. The maximum Gasteiger partial charge on any atom is 0.246 e. The maximum absolute atomic E-state index is 12.5. The Morgan fingerprint density at radius 3 is 2.50 bits per heavy atom. The van der Waals surface area contributed by atoms with Crippen molar-refractivity contribution in [2.24, 2.45) is 0 Å². The summed E-state index contributed by atoms with van der Waals surface area (Å²) in [6.45, 7) is 0.0649. The van der Waals surface area contributed by atoms with Crippen LogP contribution >= 0.6 is 23.8 Å². The summed E-state index contributed by atoms with van der Waals surface area (Å²) in [7, 11) is 0. The van der Waals surface area contributed by atoms with Crippen molar-refractivity contribution in [3.05, 3.63) is 64.4 Å². The van der Waals surface area contributed by atoms with Gasteiger partial charge in [-0.3, -0.25) is 9.47 Å². The van der Waals surface area contributed by atoms with Gasteiger partial charge in [0.1, 0.15) is 6.54 Å². The molecule has 28 heavy (non-hydrogen) atoms. The summed E-state index contributed by atoms with van der Waals surface area (Å²) in [5.41, 5.74) is 0.693. The lowest BCUT2D eigenvalue weighted by Crippen LogP contribution is -2.20. The largest absolute Gasteiger partial charge is 0.324 e. The van der Waals surface area contributed by atoms with E-state index in [9.17, 15) is 4.79 Å². The molecule has 2 aromatic heterocycles. The molecule has 1 fully saturated rings. The number of carbonyl (C=O) groups excluding carboxylic acids is 1. The van der Waals surface area contributed by atoms with Crippen molar-refractivity contribution < 1.29 is 4.79 Å². The second-order valence-electron chi connectivity index (χ2n) is 7.06. The van der Waals surface area contributed by atoms with Crippen LogP contribution < -0.4 is 5.32 Å². The predicted octanol–water partition coefficient (Wildman–Crippen LogP) is 4.87. The zero-order valence-electron chi connectivity index (χ0n) is 15.4. The SMILES string of the molecule is O=C(Cn1nc(C2CCCCC2)n(-n2cccc2)c1=S)Nc1ccc(Cl)cc1. The van der Waals surface area contributed by atoms with Crippen LogP contribution in [0.15, 0.2) is 48.8 Å². The molecule has 1 amide bonds.